The summed E-state index contributed by atoms with van der Waals surface area (Å²) in [4.78, 5) is 17.3. The lowest BCUT2D eigenvalue weighted by Crippen LogP contribution is -2.48. The smallest absolute Gasteiger partial charge is 0.253 e. The van der Waals surface area contributed by atoms with Gasteiger partial charge in [0, 0.05) is 50.5 Å². The minimum absolute atomic E-state index is 0.0433. The molecule has 0 saturated carbocycles. The van der Waals surface area contributed by atoms with Gasteiger partial charge in [-0.3, -0.25) is 4.79 Å². The summed E-state index contributed by atoms with van der Waals surface area (Å²) in [6, 6.07) is 16.6. The number of carbonyl (C=O) groups excluding carboxylic acids is 1. The Morgan fingerprint density at radius 3 is 2.20 bits per heavy atom. The van der Waals surface area contributed by atoms with E-state index in [1.165, 1.54) is 5.69 Å². The van der Waals surface area contributed by atoms with Crippen LogP contribution in [0.2, 0.25) is 0 Å². The Bertz CT molecular complexity index is 969. The number of carbonyl (C=O) groups is 1. The molecule has 0 bridgehead atoms. The highest BCUT2D eigenvalue weighted by atomic mass is 32.2. The minimum atomic E-state index is -3.50. The summed E-state index contributed by atoms with van der Waals surface area (Å²) in [5.74, 6) is 0.335. The fourth-order valence-electron chi connectivity index (χ4n) is 4.27. The Hall–Kier alpha value is -2.38. The van der Waals surface area contributed by atoms with Crippen molar-refractivity contribution in [3.8, 4) is 0 Å². The molecule has 160 valence electrons. The summed E-state index contributed by atoms with van der Waals surface area (Å²) in [5.41, 5.74) is 1.71. The van der Waals surface area contributed by atoms with Crippen LogP contribution in [-0.4, -0.2) is 62.8 Å². The lowest BCUT2D eigenvalue weighted by atomic mass is 10.0. The highest BCUT2D eigenvalue weighted by Gasteiger charge is 2.29. The van der Waals surface area contributed by atoms with Crippen LogP contribution in [0, 0.1) is 5.92 Å². The number of anilines is 1. The van der Waals surface area contributed by atoms with E-state index in [9.17, 15) is 13.2 Å². The van der Waals surface area contributed by atoms with Crippen molar-refractivity contribution in [2.75, 3.05) is 44.2 Å². The molecule has 2 heterocycles. The van der Waals surface area contributed by atoms with Gasteiger partial charge < -0.3 is 9.80 Å². The van der Waals surface area contributed by atoms with Crippen LogP contribution in [0.1, 0.15) is 30.1 Å². The Labute approximate surface area is 179 Å². The van der Waals surface area contributed by atoms with Crippen LogP contribution in [0.4, 0.5) is 5.69 Å². The Morgan fingerprint density at radius 1 is 0.900 bits per heavy atom. The first kappa shape index (κ1) is 20.9. The van der Waals surface area contributed by atoms with Crippen LogP contribution >= 0.6 is 0 Å². The molecule has 2 fully saturated rings. The normalized spacial score (nSPS) is 20.9. The number of hydrogen-bond donors (Lipinski definition) is 0. The largest absolute Gasteiger partial charge is 0.368 e. The van der Waals surface area contributed by atoms with Gasteiger partial charge >= 0.3 is 0 Å². The van der Waals surface area contributed by atoms with Crippen LogP contribution in [0.3, 0.4) is 0 Å². The zero-order valence-corrected chi connectivity index (χ0v) is 18.2. The molecule has 1 amide bonds. The van der Waals surface area contributed by atoms with Gasteiger partial charge in [-0.15, -0.1) is 0 Å². The summed E-state index contributed by atoms with van der Waals surface area (Å²) in [5, 5.41) is 0. The number of piperazine rings is 1. The molecule has 0 unspecified atom stereocenters. The Kier molecular flexibility index (Phi) is 6.11. The third kappa shape index (κ3) is 4.37. The van der Waals surface area contributed by atoms with Gasteiger partial charge in [0.1, 0.15) is 0 Å². The van der Waals surface area contributed by atoms with Crippen LogP contribution in [-0.2, 0) is 10.0 Å². The molecule has 2 aromatic carbocycles. The second-order valence-electron chi connectivity index (χ2n) is 8.25. The highest BCUT2D eigenvalue weighted by Crippen LogP contribution is 2.24. The highest BCUT2D eigenvalue weighted by molar-refractivity contribution is 7.89. The van der Waals surface area contributed by atoms with E-state index < -0.39 is 10.0 Å². The third-order valence-corrected chi connectivity index (χ3v) is 7.93. The van der Waals surface area contributed by atoms with Gasteiger partial charge in [-0.05, 0) is 55.2 Å². The average molecular weight is 428 g/mol. The number of amides is 1. The maximum absolute atomic E-state index is 12.9. The number of nitrogens with zero attached hydrogens (tertiary/aromatic N) is 3. The SMILES string of the molecule is C[C@@H]1CCCN(S(=O)(=O)c2ccc(C(=O)N3CCN(c4ccccc4)CC3)cc2)C1. The number of rotatable bonds is 4. The van der Waals surface area contributed by atoms with Gasteiger partial charge in [-0.2, -0.15) is 4.31 Å². The summed E-state index contributed by atoms with van der Waals surface area (Å²) >= 11 is 0. The van der Waals surface area contributed by atoms with Gasteiger partial charge in [0.25, 0.3) is 5.91 Å². The van der Waals surface area contributed by atoms with E-state index in [0.29, 0.717) is 37.7 Å². The van der Waals surface area contributed by atoms with Crippen LogP contribution < -0.4 is 4.90 Å². The van der Waals surface area contributed by atoms with Crippen molar-refractivity contribution in [3.05, 3.63) is 60.2 Å². The first-order valence-corrected chi connectivity index (χ1v) is 12.1. The fraction of sp³-hybridized carbons (Fsp3) is 0.435. The second-order valence-corrected chi connectivity index (χ2v) is 10.2. The number of para-hydroxylation sites is 1. The van der Waals surface area contributed by atoms with Crippen LogP contribution in [0.5, 0.6) is 0 Å². The molecule has 6 nitrogen and oxygen atoms in total. The lowest BCUT2D eigenvalue weighted by Gasteiger charge is -2.36. The second kappa shape index (κ2) is 8.78. The number of hydrogen-bond acceptors (Lipinski definition) is 4. The van der Waals surface area contributed by atoms with E-state index in [-0.39, 0.29) is 10.8 Å². The lowest BCUT2D eigenvalue weighted by molar-refractivity contribution is 0.0746. The predicted octanol–water partition coefficient (Wildman–Crippen LogP) is 3.07. The standard InChI is InChI=1S/C23H29N3O3S/c1-19-6-5-13-26(18-19)30(28,29)22-11-9-20(10-12-22)23(27)25-16-14-24(15-17-25)21-7-3-2-4-8-21/h2-4,7-12,19H,5-6,13-18H2,1H3/t19-/m1/s1. The molecular weight excluding hydrogens is 398 g/mol. The summed E-state index contributed by atoms with van der Waals surface area (Å²) in [6.45, 7) is 6.10. The monoisotopic (exact) mass is 427 g/mol. The van der Waals surface area contributed by atoms with Gasteiger partial charge in [0.2, 0.25) is 10.0 Å². The Morgan fingerprint density at radius 2 is 1.57 bits per heavy atom. The zero-order chi connectivity index (χ0) is 21.1. The fourth-order valence-corrected chi connectivity index (χ4v) is 5.87. The van der Waals surface area contributed by atoms with E-state index >= 15 is 0 Å². The number of sulfonamides is 1. The zero-order valence-electron chi connectivity index (χ0n) is 17.4. The molecule has 2 aliphatic heterocycles. The predicted molar refractivity (Wildman–Crippen MR) is 118 cm³/mol. The van der Waals surface area contributed by atoms with E-state index in [1.807, 2.05) is 23.1 Å². The van der Waals surface area contributed by atoms with Gasteiger partial charge in [-0.1, -0.05) is 25.1 Å². The molecule has 4 rings (SSSR count). The molecule has 0 aliphatic carbocycles. The molecule has 30 heavy (non-hydrogen) atoms. The van der Waals surface area contributed by atoms with Gasteiger partial charge in [0.15, 0.2) is 0 Å². The topological polar surface area (TPSA) is 60.9 Å². The molecule has 0 spiro atoms. The van der Waals surface area contributed by atoms with E-state index in [4.69, 9.17) is 0 Å². The summed E-state index contributed by atoms with van der Waals surface area (Å²) in [7, 11) is -3.50. The van der Waals surface area contributed by atoms with Crippen molar-refractivity contribution in [2.45, 2.75) is 24.7 Å². The summed E-state index contributed by atoms with van der Waals surface area (Å²) in [6.07, 6.45) is 1.96. The van der Waals surface area contributed by atoms with Crippen LogP contribution in [0.15, 0.2) is 59.5 Å². The quantitative estimate of drug-likeness (QED) is 0.752. The molecule has 0 N–H and O–H groups in total. The molecule has 7 heteroatoms. The van der Waals surface area contributed by atoms with Crippen molar-refractivity contribution in [1.82, 2.24) is 9.21 Å². The molecule has 0 aromatic heterocycles. The molecule has 2 aromatic rings. The molecule has 0 radical (unpaired) electrons. The number of benzene rings is 2. The minimum Gasteiger partial charge on any atom is -0.368 e. The molecule has 2 aliphatic rings. The Balaban J connectivity index is 1.40. The van der Waals surface area contributed by atoms with Crippen molar-refractivity contribution in [2.24, 2.45) is 5.92 Å². The van der Waals surface area contributed by atoms with Crippen molar-refractivity contribution in [3.63, 3.8) is 0 Å². The van der Waals surface area contributed by atoms with E-state index in [1.54, 1.807) is 28.6 Å². The van der Waals surface area contributed by atoms with E-state index in [0.717, 1.165) is 25.9 Å². The van der Waals surface area contributed by atoms with E-state index in [2.05, 4.69) is 24.0 Å². The summed E-state index contributed by atoms with van der Waals surface area (Å²) < 4.78 is 27.4. The maximum Gasteiger partial charge on any atom is 0.253 e. The maximum atomic E-state index is 12.9. The van der Waals surface area contributed by atoms with Crippen molar-refractivity contribution in [1.29, 1.82) is 0 Å². The third-order valence-electron chi connectivity index (χ3n) is 6.05. The average Bonchev–Trinajstić information content (AvgIpc) is 2.79. The van der Waals surface area contributed by atoms with Crippen molar-refractivity contribution >= 4 is 21.6 Å². The molecular formula is C23H29N3O3S. The van der Waals surface area contributed by atoms with Gasteiger partial charge in [-0.25, -0.2) is 8.42 Å². The molecule has 2 saturated heterocycles. The van der Waals surface area contributed by atoms with Crippen LogP contribution in [0.25, 0.3) is 0 Å². The van der Waals surface area contributed by atoms with Crippen molar-refractivity contribution < 1.29 is 13.2 Å². The molecule has 1 atom stereocenters. The first-order chi connectivity index (χ1) is 14.4. The number of piperidine rings is 1. The first-order valence-electron chi connectivity index (χ1n) is 10.6. The van der Waals surface area contributed by atoms with Gasteiger partial charge in [0.05, 0.1) is 4.90 Å².